The van der Waals surface area contributed by atoms with Crippen LogP contribution in [-0.2, 0) is 4.74 Å². The Morgan fingerprint density at radius 2 is 2.41 bits per heavy atom. The first-order valence-electron chi connectivity index (χ1n) is 5.50. The molecular weight excluding hydrogens is 302 g/mol. The lowest BCUT2D eigenvalue weighted by Crippen LogP contribution is -2.18. The number of benzene rings is 1. The fraction of sp³-hybridized carbons (Fsp3) is 0.417. The molecule has 1 aliphatic heterocycles. The number of hydrogen-bond acceptors (Lipinski definition) is 3. The third-order valence-corrected chi connectivity index (χ3v) is 3.37. The maximum absolute atomic E-state index is 5.72. The van der Waals surface area contributed by atoms with Crippen LogP contribution in [0.2, 0.25) is 0 Å². The van der Waals surface area contributed by atoms with E-state index < -0.39 is 0 Å². The molecule has 1 fully saturated rings. The van der Waals surface area contributed by atoms with Crippen LogP contribution in [0.1, 0.15) is 18.4 Å². The molecule has 0 saturated carbocycles. The van der Waals surface area contributed by atoms with Crippen molar-refractivity contribution in [1.29, 1.82) is 0 Å². The molecule has 3 nitrogen and oxygen atoms in total. The van der Waals surface area contributed by atoms with E-state index in [1.807, 2.05) is 18.2 Å². The highest BCUT2D eigenvalue weighted by Gasteiger charge is 2.17. The summed E-state index contributed by atoms with van der Waals surface area (Å²) in [7, 11) is 0. The molecule has 1 aromatic carbocycles. The topological polar surface area (TPSA) is 44.5 Å². The minimum atomic E-state index is 0.192. The maximum atomic E-state index is 5.72. The van der Waals surface area contributed by atoms with E-state index in [4.69, 9.17) is 27.4 Å². The molecule has 17 heavy (non-hydrogen) atoms. The fourth-order valence-corrected chi connectivity index (χ4v) is 2.30. The van der Waals surface area contributed by atoms with Gasteiger partial charge in [-0.1, -0.05) is 28.1 Å². The predicted octanol–water partition coefficient (Wildman–Crippen LogP) is 2.64. The van der Waals surface area contributed by atoms with E-state index in [9.17, 15) is 0 Å². The zero-order valence-electron chi connectivity index (χ0n) is 9.32. The average Bonchev–Trinajstić information content (AvgIpc) is 2.80. The molecule has 1 saturated heterocycles. The lowest BCUT2D eigenvalue weighted by molar-refractivity contribution is 0.0679. The highest BCUT2D eigenvalue weighted by atomic mass is 79.9. The summed E-state index contributed by atoms with van der Waals surface area (Å²) in [4.78, 5) is 0.341. The molecular formula is C12H14BrNO2S. The van der Waals surface area contributed by atoms with Gasteiger partial charge in [0.25, 0.3) is 0 Å². The Morgan fingerprint density at radius 1 is 1.59 bits per heavy atom. The molecule has 1 heterocycles. The SMILES string of the molecule is NC(=S)c1cc(Br)ccc1OCC1CCCO1. The summed E-state index contributed by atoms with van der Waals surface area (Å²) in [5.41, 5.74) is 6.42. The smallest absolute Gasteiger partial charge is 0.129 e. The third kappa shape index (κ3) is 3.40. The maximum Gasteiger partial charge on any atom is 0.129 e. The third-order valence-electron chi connectivity index (χ3n) is 2.66. The molecule has 1 aliphatic rings. The predicted molar refractivity (Wildman–Crippen MR) is 74.5 cm³/mol. The van der Waals surface area contributed by atoms with Gasteiger partial charge in [-0.25, -0.2) is 0 Å². The first-order chi connectivity index (χ1) is 8.16. The van der Waals surface area contributed by atoms with Crippen LogP contribution < -0.4 is 10.5 Å². The molecule has 1 atom stereocenters. The number of ether oxygens (including phenoxy) is 2. The molecule has 0 aliphatic carbocycles. The minimum Gasteiger partial charge on any atom is -0.490 e. The van der Waals surface area contributed by atoms with Crippen molar-refractivity contribution >= 4 is 33.1 Å². The second kappa shape index (κ2) is 5.80. The normalized spacial score (nSPS) is 19.2. The average molecular weight is 316 g/mol. The number of hydrogen-bond donors (Lipinski definition) is 1. The van der Waals surface area contributed by atoms with E-state index in [1.165, 1.54) is 0 Å². The molecule has 0 radical (unpaired) electrons. The van der Waals surface area contributed by atoms with Gasteiger partial charge in [-0.15, -0.1) is 0 Å². The van der Waals surface area contributed by atoms with Crippen LogP contribution in [0.15, 0.2) is 22.7 Å². The lowest BCUT2D eigenvalue weighted by Gasteiger charge is -2.14. The van der Waals surface area contributed by atoms with Crippen LogP contribution in [0.5, 0.6) is 5.75 Å². The van der Waals surface area contributed by atoms with Gasteiger partial charge in [-0.3, -0.25) is 0 Å². The van der Waals surface area contributed by atoms with Gasteiger partial charge in [0.2, 0.25) is 0 Å². The molecule has 2 N–H and O–H groups in total. The van der Waals surface area contributed by atoms with Crippen molar-refractivity contribution in [3.8, 4) is 5.75 Å². The zero-order chi connectivity index (χ0) is 12.3. The molecule has 92 valence electrons. The van der Waals surface area contributed by atoms with E-state index >= 15 is 0 Å². The molecule has 2 rings (SSSR count). The quantitative estimate of drug-likeness (QED) is 0.868. The Kier molecular flexibility index (Phi) is 4.36. The van der Waals surface area contributed by atoms with Gasteiger partial charge in [-0.05, 0) is 31.0 Å². The van der Waals surface area contributed by atoms with Crippen LogP contribution in [0.4, 0.5) is 0 Å². The summed E-state index contributed by atoms with van der Waals surface area (Å²) in [6.45, 7) is 1.38. The highest BCUT2D eigenvalue weighted by molar-refractivity contribution is 9.10. The van der Waals surface area contributed by atoms with E-state index in [0.29, 0.717) is 11.6 Å². The monoisotopic (exact) mass is 315 g/mol. The fourth-order valence-electron chi connectivity index (χ4n) is 1.78. The summed E-state index contributed by atoms with van der Waals surface area (Å²) in [6.07, 6.45) is 2.35. The van der Waals surface area contributed by atoms with Crippen LogP contribution >= 0.6 is 28.1 Å². The summed E-state index contributed by atoms with van der Waals surface area (Å²) in [5.74, 6) is 0.719. The number of thiocarbonyl (C=S) groups is 1. The largest absolute Gasteiger partial charge is 0.490 e. The van der Waals surface area contributed by atoms with E-state index in [2.05, 4.69) is 15.9 Å². The molecule has 1 unspecified atom stereocenters. The van der Waals surface area contributed by atoms with Crippen molar-refractivity contribution < 1.29 is 9.47 Å². The standard InChI is InChI=1S/C12H14BrNO2S/c13-8-3-4-11(10(6-8)12(14)17)16-7-9-2-1-5-15-9/h3-4,6,9H,1-2,5,7H2,(H2,14,17). The molecule has 0 amide bonds. The van der Waals surface area contributed by atoms with Gasteiger partial charge < -0.3 is 15.2 Å². The van der Waals surface area contributed by atoms with Gasteiger partial charge in [0.15, 0.2) is 0 Å². The molecule has 1 aromatic rings. The van der Waals surface area contributed by atoms with Gasteiger partial charge in [-0.2, -0.15) is 0 Å². The van der Waals surface area contributed by atoms with E-state index in [1.54, 1.807) is 0 Å². The van der Waals surface area contributed by atoms with Crippen molar-refractivity contribution in [3.05, 3.63) is 28.2 Å². The van der Waals surface area contributed by atoms with E-state index in [-0.39, 0.29) is 6.10 Å². The first-order valence-corrected chi connectivity index (χ1v) is 6.70. The first kappa shape index (κ1) is 12.8. The van der Waals surface area contributed by atoms with Crippen LogP contribution in [0.25, 0.3) is 0 Å². The van der Waals surface area contributed by atoms with Crippen LogP contribution in [0, 0.1) is 0 Å². The Hall–Kier alpha value is -0.650. The highest BCUT2D eigenvalue weighted by Crippen LogP contribution is 2.24. The van der Waals surface area contributed by atoms with Crippen LogP contribution in [-0.4, -0.2) is 24.3 Å². The van der Waals surface area contributed by atoms with E-state index in [0.717, 1.165) is 35.2 Å². The van der Waals surface area contributed by atoms with Crippen molar-refractivity contribution in [3.63, 3.8) is 0 Å². The second-order valence-corrected chi connectivity index (χ2v) is 5.31. The van der Waals surface area contributed by atoms with Gasteiger partial charge in [0, 0.05) is 11.1 Å². The van der Waals surface area contributed by atoms with Crippen molar-refractivity contribution in [2.75, 3.05) is 13.2 Å². The summed E-state index contributed by atoms with van der Waals surface area (Å²) in [6, 6.07) is 5.65. The minimum absolute atomic E-state index is 0.192. The summed E-state index contributed by atoms with van der Waals surface area (Å²) in [5, 5.41) is 0. The Balaban J connectivity index is 2.06. The Labute approximate surface area is 114 Å². The Morgan fingerprint density at radius 3 is 3.06 bits per heavy atom. The van der Waals surface area contributed by atoms with Gasteiger partial charge in [0.05, 0.1) is 11.7 Å². The van der Waals surface area contributed by atoms with Crippen molar-refractivity contribution in [1.82, 2.24) is 0 Å². The second-order valence-electron chi connectivity index (χ2n) is 3.95. The van der Waals surface area contributed by atoms with Gasteiger partial charge >= 0.3 is 0 Å². The molecule has 5 heteroatoms. The number of rotatable bonds is 4. The van der Waals surface area contributed by atoms with Gasteiger partial charge in [0.1, 0.15) is 17.3 Å². The van der Waals surface area contributed by atoms with Crippen LogP contribution in [0.3, 0.4) is 0 Å². The summed E-state index contributed by atoms with van der Waals surface area (Å²) < 4.78 is 12.2. The lowest BCUT2D eigenvalue weighted by atomic mass is 10.2. The molecule has 0 spiro atoms. The van der Waals surface area contributed by atoms with Crippen molar-refractivity contribution in [2.24, 2.45) is 5.73 Å². The van der Waals surface area contributed by atoms with Crippen molar-refractivity contribution in [2.45, 2.75) is 18.9 Å². The zero-order valence-corrected chi connectivity index (χ0v) is 11.7. The summed E-state index contributed by atoms with van der Waals surface area (Å²) >= 11 is 8.39. The Bertz CT molecular complexity index is 419. The number of nitrogens with two attached hydrogens (primary N) is 1. The molecule has 0 aromatic heterocycles. The molecule has 0 bridgehead atoms. The number of halogens is 1.